The van der Waals surface area contributed by atoms with E-state index < -0.39 is 37.6 Å². The van der Waals surface area contributed by atoms with Gasteiger partial charge in [0.2, 0.25) is 5.78 Å². The number of nitrogens with zero attached hydrogens (tertiary/aromatic N) is 4. The lowest BCUT2D eigenvalue weighted by Gasteiger charge is -1.97. The van der Waals surface area contributed by atoms with E-state index in [9.17, 15) is 35.1 Å². The standard InChI is InChI=1S/C11H12N2O.C6H3N3O7/c12-9(8-4-5-8)7-11(14)10-3-1-2-6-13-10;10-6-4(8(13)14)1-3(7(11)12)2-5(6)9(15)16/h1-3,6-8H,4-5,12H2;1-2,10H/b9-7+;. The molecule has 3 N–H and O–H groups in total. The summed E-state index contributed by atoms with van der Waals surface area (Å²) in [5.74, 6) is -0.877. The highest BCUT2D eigenvalue weighted by atomic mass is 16.6. The predicted molar refractivity (Wildman–Crippen MR) is 102 cm³/mol. The second-order valence-corrected chi connectivity index (χ2v) is 6.10. The molecule has 1 aliphatic rings. The van der Waals surface area contributed by atoms with Crippen molar-refractivity contribution < 1.29 is 24.7 Å². The van der Waals surface area contributed by atoms with Crippen LogP contribution in [0.3, 0.4) is 0 Å². The minimum Gasteiger partial charge on any atom is -0.497 e. The minimum absolute atomic E-state index is 0.102. The minimum atomic E-state index is -1.21. The molecule has 1 heterocycles. The van der Waals surface area contributed by atoms with Gasteiger partial charge in [-0.3, -0.25) is 40.1 Å². The molecule has 3 rings (SSSR count). The molecule has 1 fully saturated rings. The lowest BCUT2D eigenvalue weighted by Crippen LogP contribution is -2.05. The third kappa shape index (κ3) is 5.54. The maximum absolute atomic E-state index is 11.6. The van der Waals surface area contributed by atoms with Crippen LogP contribution in [0.15, 0.2) is 48.3 Å². The van der Waals surface area contributed by atoms with Crippen LogP contribution in [-0.4, -0.2) is 30.6 Å². The summed E-state index contributed by atoms with van der Waals surface area (Å²) in [5, 5.41) is 40.2. The summed E-state index contributed by atoms with van der Waals surface area (Å²) < 4.78 is 0. The van der Waals surface area contributed by atoms with Crippen molar-refractivity contribution in [3.63, 3.8) is 0 Å². The zero-order chi connectivity index (χ0) is 22.4. The second-order valence-electron chi connectivity index (χ2n) is 6.10. The van der Waals surface area contributed by atoms with Gasteiger partial charge >= 0.3 is 11.4 Å². The highest BCUT2D eigenvalue weighted by Gasteiger charge is 2.30. The number of non-ortho nitro benzene ring substituents is 1. The van der Waals surface area contributed by atoms with Gasteiger partial charge in [0.25, 0.3) is 11.4 Å². The van der Waals surface area contributed by atoms with Crippen LogP contribution in [0.5, 0.6) is 5.75 Å². The highest BCUT2D eigenvalue weighted by Crippen LogP contribution is 2.39. The van der Waals surface area contributed by atoms with Gasteiger partial charge in [0.05, 0.1) is 26.9 Å². The molecule has 13 nitrogen and oxygen atoms in total. The largest absolute Gasteiger partial charge is 0.497 e. The Balaban J connectivity index is 0.000000215. The number of hydrogen-bond acceptors (Lipinski definition) is 10. The van der Waals surface area contributed by atoms with E-state index in [-0.39, 0.29) is 5.78 Å². The highest BCUT2D eigenvalue weighted by molar-refractivity contribution is 6.03. The van der Waals surface area contributed by atoms with Crippen LogP contribution in [0.25, 0.3) is 0 Å². The zero-order valence-corrected chi connectivity index (χ0v) is 15.2. The van der Waals surface area contributed by atoms with E-state index in [1.54, 1.807) is 24.4 Å². The van der Waals surface area contributed by atoms with Crippen molar-refractivity contribution in [3.05, 3.63) is 84.3 Å². The molecule has 156 valence electrons. The molecule has 13 heteroatoms. The van der Waals surface area contributed by atoms with Crippen molar-refractivity contribution in [2.24, 2.45) is 11.7 Å². The molecule has 0 radical (unpaired) electrons. The molecule has 0 aliphatic heterocycles. The third-order valence-corrected chi connectivity index (χ3v) is 3.92. The molecule has 0 unspecified atom stereocenters. The Morgan fingerprint density at radius 1 is 1.07 bits per heavy atom. The molecule has 1 aromatic heterocycles. The first kappa shape index (κ1) is 21.9. The van der Waals surface area contributed by atoms with Crippen molar-refractivity contribution in [3.8, 4) is 5.75 Å². The molecule has 2 aromatic rings. The van der Waals surface area contributed by atoms with Crippen LogP contribution >= 0.6 is 0 Å². The SMILES string of the molecule is N/C(=C/C(=O)c1ccccn1)C1CC1.O=[N+]([O-])c1cc([N+](=O)[O-])c(O)c([N+](=O)[O-])c1. The summed E-state index contributed by atoms with van der Waals surface area (Å²) in [7, 11) is 0. The molecule has 1 aliphatic carbocycles. The predicted octanol–water partition coefficient (Wildman–Crippen LogP) is 2.63. The van der Waals surface area contributed by atoms with E-state index in [4.69, 9.17) is 10.8 Å². The van der Waals surface area contributed by atoms with E-state index in [1.807, 2.05) is 0 Å². The number of carbonyl (C=O) groups is 1. The van der Waals surface area contributed by atoms with Crippen LogP contribution in [0, 0.1) is 36.3 Å². The molecule has 0 amide bonds. The number of aromatic hydroxyl groups is 1. The first-order valence-corrected chi connectivity index (χ1v) is 8.34. The van der Waals surface area contributed by atoms with Crippen LogP contribution in [0.1, 0.15) is 23.3 Å². The second kappa shape index (κ2) is 9.18. The van der Waals surface area contributed by atoms with Crippen LogP contribution in [0.2, 0.25) is 0 Å². The van der Waals surface area contributed by atoms with Gasteiger partial charge in [-0.05, 0) is 30.9 Å². The number of aromatic nitrogens is 1. The molecule has 0 saturated heterocycles. The van der Waals surface area contributed by atoms with Gasteiger partial charge in [-0.15, -0.1) is 0 Å². The normalized spacial score (nSPS) is 13.0. The number of ketones is 1. The van der Waals surface area contributed by atoms with Crippen molar-refractivity contribution in [2.45, 2.75) is 12.8 Å². The van der Waals surface area contributed by atoms with Gasteiger partial charge in [-0.25, -0.2) is 0 Å². The van der Waals surface area contributed by atoms with E-state index in [0.717, 1.165) is 12.8 Å². The van der Waals surface area contributed by atoms with E-state index >= 15 is 0 Å². The fraction of sp³-hybridized carbons (Fsp3) is 0.176. The fourth-order valence-corrected chi connectivity index (χ4v) is 2.24. The molecule has 0 bridgehead atoms. The summed E-state index contributed by atoms with van der Waals surface area (Å²) in [6.45, 7) is 0. The van der Waals surface area contributed by atoms with Gasteiger partial charge in [-0.2, -0.15) is 0 Å². The van der Waals surface area contributed by atoms with Crippen LogP contribution < -0.4 is 5.73 Å². The van der Waals surface area contributed by atoms with Gasteiger partial charge in [0.1, 0.15) is 5.69 Å². The maximum Gasteiger partial charge on any atom is 0.324 e. The maximum atomic E-state index is 11.6. The first-order chi connectivity index (χ1) is 14.1. The Kier molecular flexibility index (Phi) is 6.70. The molecule has 1 aromatic carbocycles. The number of benzene rings is 1. The smallest absolute Gasteiger partial charge is 0.324 e. The van der Waals surface area contributed by atoms with E-state index in [0.29, 0.717) is 29.4 Å². The number of pyridine rings is 1. The number of allylic oxidation sites excluding steroid dienone is 2. The molecule has 1 saturated carbocycles. The van der Waals surface area contributed by atoms with Gasteiger partial charge in [0, 0.05) is 18.0 Å². The quantitative estimate of drug-likeness (QED) is 0.304. The van der Waals surface area contributed by atoms with Gasteiger partial charge in [-0.1, -0.05) is 6.07 Å². The number of rotatable bonds is 6. The average Bonchev–Trinajstić information content (AvgIpc) is 3.54. The van der Waals surface area contributed by atoms with E-state index in [1.165, 1.54) is 6.08 Å². The summed E-state index contributed by atoms with van der Waals surface area (Å²) in [6.07, 6.45) is 5.32. The number of hydrogen-bond donors (Lipinski definition) is 2. The van der Waals surface area contributed by atoms with Crippen molar-refractivity contribution >= 4 is 22.8 Å². The van der Waals surface area contributed by atoms with Gasteiger partial charge < -0.3 is 10.8 Å². The third-order valence-electron chi connectivity index (χ3n) is 3.92. The summed E-state index contributed by atoms with van der Waals surface area (Å²) in [6, 6.07) is 6.16. The number of nitro benzene ring substituents is 3. The molecule has 30 heavy (non-hydrogen) atoms. The van der Waals surface area contributed by atoms with Crippen molar-refractivity contribution in [2.75, 3.05) is 0 Å². The molecular formula is C17H15N5O8. The number of phenols is 1. The van der Waals surface area contributed by atoms with Crippen LogP contribution in [0.4, 0.5) is 17.1 Å². The summed E-state index contributed by atoms with van der Waals surface area (Å²) in [5.41, 5.74) is 3.88. The van der Waals surface area contributed by atoms with Crippen molar-refractivity contribution in [1.29, 1.82) is 0 Å². The Morgan fingerprint density at radius 3 is 2.03 bits per heavy atom. The van der Waals surface area contributed by atoms with Crippen molar-refractivity contribution in [1.82, 2.24) is 4.98 Å². The molecule has 0 spiro atoms. The zero-order valence-electron chi connectivity index (χ0n) is 15.2. The Morgan fingerprint density at radius 2 is 1.63 bits per heavy atom. The van der Waals surface area contributed by atoms with Gasteiger partial charge in [0.15, 0.2) is 0 Å². The number of nitro groups is 3. The number of carbonyl (C=O) groups excluding carboxylic acids is 1. The number of nitrogens with two attached hydrogens (primary N) is 1. The first-order valence-electron chi connectivity index (χ1n) is 8.34. The Bertz CT molecular complexity index is 999. The average molecular weight is 417 g/mol. The Labute approximate surface area is 167 Å². The van der Waals surface area contributed by atoms with Crippen LogP contribution in [-0.2, 0) is 0 Å². The number of phenolic OH excluding ortho intramolecular Hbond substituents is 1. The monoisotopic (exact) mass is 417 g/mol. The topological polar surface area (TPSA) is 206 Å². The summed E-state index contributed by atoms with van der Waals surface area (Å²) in [4.78, 5) is 43.3. The van der Waals surface area contributed by atoms with E-state index in [2.05, 4.69) is 4.98 Å². The fourth-order valence-electron chi connectivity index (χ4n) is 2.24. The Hall–Kier alpha value is -4.42. The molecule has 0 atom stereocenters. The lowest BCUT2D eigenvalue weighted by molar-refractivity contribution is -0.404. The summed E-state index contributed by atoms with van der Waals surface area (Å²) >= 11 is 0. The molecular weight excluding hydrogens is 402 g/mol. The lowest BCUT2D eigenvalue weighted by atomic mass is 10.2.